The van der Waals surface area contributed by atoms with Crippen LogP contribution in [-0.2, 0) is 11.2 Å². The van der Waals surface area contributed by atoms with E-state index >= 15 is 0 Å². The molecule has 1 aliphatic heterocycles. The van der Waals surface area contributed by atoms with E-state index in [1.807, 2.05) is 36.1 Å². The number of hydrogen-bond acceptors (Lipinski definition) is 6. The lowest BCUT2D eigenvalue weighted by atomic mass is 10.1. The molecule has 128 valence electrons. The van der Waals surface area contributed by atoms with Crippen LogP contribution in [0.2, 0.25) is 0 Å². The average Bonchev–Trinajstić information content (AvgIpc) is 3.03. The Bertz CT molecular complexity index is 689. The highest BCUT2D eigenvalue weighted by Crippen LogP contribution is 2.20. The van der Waals surface area contributed by atoms with Gasteiger partial charge in [-0.3, -0.25) is 9.69 Å². The molecule has 1 saturated heterocycles. The fraction of sp³-hybridized carbons (Fsp3) is 0.471. The molecule has 1 aliphatic rings. The van der Waals surface area contributed by atoms with Gasteiger partial charge in [0, 0.05) is 31.9 Å². The molecule has 24 heavy (non-hydrogen) atoms. The number of anilines is 1. The Hall–Kier alpha value is -2.41. The number of nitrogen functional groups attached to an aromatic ring is 1. The lowest BCUT2D eigenvalue weighted by Gasteiger charge is -2.36. The minimum Gasteiger partial charge on any atom is -0.399 e. The van der Waals surface area contributed by atoms with Crippen LogP contribution in [0.1, 0.15) is 30.2 Å². The van der Waals surface area contributed by atoms with Gasteiger partial charge in [0.05, 0.1) is 12.5 Å². The maximum Gasteiger partial charge on any atom is 0.243 e. The van der Waals surface area contributed by atoms with Crippen molar-refractivity contribution in [3.8, 4) is 0 Å². The molecule has 7 heteroatoms. The third-order valence-electron chi connectivity index (χ3n) is 4.45. The second-order valence-corrected chi connectivity index (χ2v) is 6.19. The van der Waals surface area contributed by atoms with E-state index in [1.54, 1.807) is 0 Å². The molecular formula is C17H23N5O2. The summed E-state index contributed by atoms with van der Waals surface area (Å²) in [6.07, 6.45) is 0.415. The van der Waals surface area contributed by atoms with E-state index in [1.165, 1.54) is 0 Å². The van der Waals surface area contributed by atoms with Gasteiger partial charge in [-0.15, -0.1) is 0 Å². The number of aromatic nitrogens is 2. The maximum atomic E-state index is 12.4. The van der Waals surface area contributed by atoms with Crippen molar-refractivity contribution in [2.45, 2.75) is 26.3 Å². The van der Waals surface area contributed by atoms with Gasteiger partial charge < -0.3 is 15.2 Å². The number of piperazine rings is 1. The summed E-state index contributed by atoms with van der Waals surface area (Å²) in [7, 11) is 0. The number of carbonyl (C=O) groups excluding carboxylic acids is 1. The van der Waals surface area contributed by atoms with Gasteiger partial charge in [-0.1, -0.05) is 17.3 Å². The summed E-state index contributed by atoms with van der Waals surface area (Å²) in [5.41, 5.74) is 7.38. The van der Waals surface area contributed by atoms with Crippen LogP contribution in [-0.4, -0.2) is 52.0 Å². The van der Waals surface area contributed by atoms with Gasteiger partial charge >= 0.3 is 0 Å². The zero-order valence-electron chi connectivity index (χ0n) is 14.1. The molecule has 1 fully saturated rings. The fourth-order valence-corrected chi connectivity index (χ4v) is 2.92. The second-order valence-electron chi connectivity index (χ2n) is 6.19. The van der Waals surface area contributed by atoms with Gasteiger partial charge in [0.2, 0.25) is 11.8 Å². The van der Waals surface area contributed by atoms with Crippen LogP contribution in [0.4, 0.5) is 5.69 Å². The predicted octanol–water partition coefficient (Wildman–Crippen LogP) is 1.41. The molecule has 0 spiro atoms. The van der Waals surface area contributed by atoms with Crippen LogP contribution < -0.4 is 5.73 Å². The molecule has 7 nitrogen and oxygen atoms in total. The second kappa shape index (κ2) is 7.00. The molecule has 1 aromatic carbocycles. The summed E-state index contributed by atoms with van der Waals surface area (Å²) in [6.45, 7) is 6.90. The SMILES string of the molecule is Cc1noc(C(C)N2CCN(C(=O)Cc3ccc(N)cc3)CC2)n1. The number of nitrogens with zero attached hydrogens (tertiary/aromatic N) is 4. The number of hydrogen-bond donors (Lipinski definition) is 1. The molecule has 2 aromatic rings. The minimum atomic E-state index is 0.0700. The summed E-state index contributed by atoms with van der Waals surface area (Å²) >= 11 is 0. The molecule has 1 unspecified atom stereocenters. The van der Waals surface area contributed by atoms with E-state index in [2.05, 4.69) is 22.0 Å². The summed E-state index contributed by atoms with van der Waals surface area (Å²) in [4.78, 5) is 20.9. The van der Waals surface area contributed by atoms with E-state index < -0.39 is 0 Å². The van der Waals surface area contributed by atoms with Gasteiger partial charge in [-0.05, 0) is 31.5 Å². The Kier molecular flexibility index (Phi) is 4.80. The Labute approximate surface area is 141 Å². The Morgan fingerprint density at radius 1 is 1.25 bits per heavy atom. The zero-order valence-corrected chi connectivity index (χ0v) is 14.1. The number of benzene rings is 1. The molecular weight excluding hydrogens is 306 g/mol. The first-order chi connectivity index (χ1) is 11.5. The van der Waals surface area contributed by atoms with E-state index in [0.717, 1.165) is 18.7 Å². The Balaban J connectivity index is 1.52. The fourth-order valence-electron chi connectivity index (χ4n) is 2.92. The highest BCUT2D eigenvalue weighted by molar-refractivity contribution is 5.79. The first-order valence-corrected chi connectivity index (χ1v) is 8.19. The van der Waals surface area contributed by atoms with Crippen LogP contribution in [0, 0.1) is 6.92 Å². The van der Waals surface area contributed by atoms with Gasteiger partial charge in [0.15, 0.2) is 5.82 Å². The third kappa shape index (κ3) is 3.73. The molecule has 0 bridgehead atoms. The monoisotopic (exact) mass is 329 g/mol. The average molecular weight is 329 g/mol. The molecule has 1 atom stereocenters. The van der Waals surface area contributed by atoms with Crippen LogP contribution in [0.25, 0.3) is 0 Å². The van der Waals surface area contributed by atoms with Crippen LogP contribution >= 0.6 is 0 Å². The summed E-state index contributed by atoms with van der Waals surface area (Å²) < 4.78 is 5.25. The van der Waals surface area contributed by atoms with Crippen molar-refractivity contribution in [1.29, 1.82) is 0 Å². The van der Waals surface area contributed by atoms with Crippen LogP contribution in [0.5, 0.6) is 0 Å². The zero-order chi connectivity index (χ0) is 17.1. The van der Waals surface area contributed by atoms with Crippen molar-refractivity contribution in [3.63, 3.8) is 0 Å². The lowest BCUT2D eigenvalue weighted by Crippen LogP contribution is -2.49. The van der Waals surface area contributed by atoms with E-state index in [9.17, 15) is 4.79 Å². The minimum absolute atomic E-state index is 0.0700. The Morgan fingerprint density at radius 3 is 2.50 bits per heavy atom. The molecule has 0 saturated carbocycles. The topological polar surface area (TPSA) is 88.5 Å². The smallest absolute Gasteiger partial charge is 0.243 e. The highest BCUT2D eigenvalue weighted by Gasteiger charge is 2.27. The van der Waals surface area contributed by atoms with E-state index in [-0.39, 0.29) is 11.9 Å². The quantitative estimate of drug-likeness (QED) is 0.853. The number of aryl methyl sites for hydroxylation is 1. The molecule has 2 N–H and O–H groups in total. The number of rotatable bonds is 4. The Morgan fingerprint density at radius 2 is 1.92 bits per heavy atom. The van der Waals surface area contributed by atoms with Crippen LogP contribution in [0.15, 0.2) is 28.8 Å². The number of amides is 1. The third-order valence-corrected chi connectivity index (χ3v) is 4.45. The van der Waals surface area contributed by atoms with Crippen molar-refractivity contribution < 1.29 is 9.32 Å². The molecule has 3 rings (SSSR count). The van der Waals surface area contributed by atoms with Gasteiger partial charge in [0.1, 0.15) is 0 Å². The van der Waals surface area contributed by atoms with Crippen LogP contribution in [0.3, 0.4) is 0 Å². The maximum absolute atomic E-state index is 12.4. The number of carbonyl (C=O) groups is 1. The van der Waals surface area contributed by atoms with Crippen molar-refractivity contribution in [1.82, 2.24) is 19.9 Å². The largest absolute Gasteiger partial charge is 0.399 e. The summed E-state index contributed by atoms with van der Waals surface area (Å²) in [5, 5.41) is 3.84. The summed E-state index contributed by atoms with van der Waals surface area (Å²) in [6, 6.07) is 7.54. The standard InChI is InChI=1S/C17H23N5O2/c1-12(17-19-13(2)20-24-17)21-7-9-22(10-8-21)16(23)11-14-3-5-15(18)6-4-14/h3-6,12H,7-11,18H2,1-2H3. The number of nitrogens with two attached hydrogens (primary N) is 1. The molecule has 1 aromatic heterocycles. The van der Waals surface area contributed by atoms with Gasteiger partial charge in [-0.25, -0.2) is 0 Å². The van der Waals surface area contributed by atoms with Crippen molar-refractivity contribution in [2.24, 2.45) is 0 Å². The summed E-state index contributed by atoms with van der Waals surface area (Å²) in [5.74, 6) is 1.43. The normalized spacial score (nSPS) is 17.0. The first kappa shape index (κ1) is 16.4. The van der Waals surface area contributed by atoms with E-state index in [0.29, 0.717) is 36.9 Å². The molecule has 0 aliphatic carbocycles. The molecule has 1 amide bonds. The van der Waals surface area contributed by atoms with Crippen molar-refractivity contribution in [2.75, 3.05) is 31.9 Å². The molecule has 2 heterocycles. The first-order valence-electron chi connectivity index (χ1n) is 8.19. The van der Waals surface area contributed by atoms with Gasteiger partial charge in [0.25, 0.3) is 0 Å². The predicted molar refractivity (Wildman–Crippen MR) is 90.2 cm³/mol. The van der Waals surface area contributed by atoms with E-state index in [4.69, 9.17) is 10.3 Å². The lowest BCUT2D eigenvalue weighted by molar-refractivity contribution is -0.132. The van der Waals surface area contributed by atoms with Gasteiger partial charge in [-0.2, -0.15) is 4.98 Å². The highest BCUT2D eigenvalue weighted by atomic mass is 16.5. The van der Waals surface area contributed by atoms with Crippen molar-refractivity contribution in [3.05, 3.63) is 41.5 Å². The van der Waals surface area contributed by atoms with Crippen molar-refractivity contribution >= 4 is 11.6 Å². The molecule has 0 radical (unpaired) electrons.